The van der Waals surface area contributed by atoms with E-state index in [4.69, 9.17) is 11.6 Å². The second-order valence-electron chi connectivity index (χ2n) is 5.16. The van der Waals surface area contributed by atoms with Gasteiger partial charge in [0.15, 0.2) is 11.0 Å². The molecule has 1 aliphatic carbocycles. The van der Waals surface area contributed by atoms with Gasteiger partial charge in [0.05, 0.1) is 23.5 Å². The van der Waals surface area contributed by atoms with Crippen LogP contribution in [0.3, 0.4) is 0 Å². The highest BCUT2D eigenvalue weighted by atomic mass is 35.5. The maximum atomic E-state index is 9.66. The van der Waals surface area contributed by atoms with Crippen LogP contribution in [-0.2, 0) is 0 Å². The van der Waals surface area contributed by atoms with Crippen molar-refractivity contribution in [2.75, 3.05) is 11.9 Å². The molecule has 18 heavy (non-hydrogen) atoms. The lowest BCUT2D eigenvalue weighted by Gasteiger charge is -2.37. The van der Waals surface area contributed by atoms with Gasteiger partial charge in [0, 0.05) is 0 Å². The highest BCUT2D eigenvalue weighted by Crippen LogP contribution is 2.32. The number of nitrogens with one attached hydrogen (secondary N) is 1. The first-order valence-electron chi connectivity index (χ1n) is 6.46. The molecule has 0 unspecified atom stereocenters. The Kier molecular flexibility index (Phi) is 4.07. The summed E-state index contributed by atoms with van der Waals surface area (Å²) in [6.07, 6.45) is 5.39. The number of aliphatic hydroxyl groups is 1. The molecule has 0 bridgehead atoms. The number of aromatic nitrogens is 2. The highest BCUT2D eigenvalue weighted by Gasteiger charge is 2.32. The lowest BCUT2D eigenvalue weighted by atomic mass is 9.82. The lowest BCUT2D eigenvalue weighted by molar-refractivity contribution is 0.172. The first-order chi connectivity index (χ1) is 8.56. The Hall–Kier alpha value is -0.870. The minimum absolute atomic E-state index is 0.109. The number of halogens is 1. The van der Waals surface area contributed by atoms with Gasteiger partial charge in [-0.2, -0.15) is 0 Å². The zero-order chi connectivity index (χ0) is 13.2. The van der Waals surface area contributed by atoms with Gasteiger partial charge in [-0.05, 0) is 26.7 Å². The summed E-state index contributed by atoms with van der Waals surface area (Å²) in [5, 5.41) is 13.4. The fourth-order valence-electron chi connectivity index (χ4n) is 2.46. The zero-order valence-corrected chi connectivity index (χ0v) is 11.7. The summed E-state index contributed by atoms with van der Waals surface area (Å²) in [6, 6.07) is 0. The van der Waals surface area contributed by atoms with Gasteiger partial charge in [0.1, 0.15) is 0 Å². The van der Waals surface area contributed by atoms with Crippen LogP contribution < -0.4 is 5.32 Å². The van der Waals surface area contributed by atoms with E-state index in [1.165, 1.54) is 6.42 Å². The van der Waals surface area contributed by atoms with Crippen LogP contribution in [0, 0.1) is 13.8 Å². The van der Waals surface area contributed by atoms with Gasteiger partial charge < -0.3 is 10.4 Å². The number of anilines is 1. The van der Waals surface area contributed by atoms with Crippen molar-refractivity contribution in [1.82, 2.24) is 9.97 Å². The molecule has 0 saturated heterocycles. The van der Waals surface area contributed by atoms with Gasteiger partial charge in [0.2, 0.25) is 0 Å². The predicted molar refractivity (Wildman–Crippen MR) is 73.0 cm³/mol. The summed E-state index contributed by atoms with van der Waals surface area (Å²) in [4.78, 5) is 8.71. The number of hydrogen-bond acceptors (Lipinski definition) is 4. The van der Waals surface area contributed by atoms with Crippen LogP contribution in [0.15, 0.2) is 0 Å². The van der Waals surface area contributed by atoms with Gasteiger partial charge in [0.25, 0.3) is 0 Å². The molecular formula is C13H20ClN3O. The van der Waals surface area contributed by atoms with Crippen molar-refractivity contribution in [3.05, 3.63) is 16.5 Å². The second kappa shape index (κ2) is 5.41. The monoisotopic (exact) mass is 269 g/mol. The predicted octanol–water partition coefficient (Wildman–Crippen LogP) is 2.85. The topological polar surface area (TPSA) is 58.0 Å². The number of rotatable bonds is 3. The summed E-state index contributed by atoms with van der Waals surface area (Å²) in [6.45, 7) is 3.91. The smallest absolute Gasteiger partial charge is 0.171 e. The Morgan fingerprint density at radius 1 is 1.17 bits per heavy atom. The maximum absolute atomic E-state index is 9.66. The van der Waals surface area contributed by atoms with Crippen LogP contribution in [0.2, 0.25) is 5.15 Å². The van der Waals surface area contributed by atoms with E-state index in [1.54, 1.807) is 0 Å². The zero-order valence-electron chi connectivity index (χ0n) is 11.0. The Morgan fingerprint density at radius 3 is 2.39 bits per heavy atom. The molecule has 5 heteroatoms. The molecule has 1 fully saturated rings. The third-order valence-corrected chi connectivity index (χ3v) is 4.02. The molecule has 0 spiro atoms. The van der Waals surface area contributed by atoms with Gasteiger partial charge in [-0.1, -0.05) is 30.9 Å². The van der Waals surface area contributed by atoms with Crippen LogP contribution in [0.5, 0.6) is 0 Å². The van der Waals surface area contributed by atoms with E-state index in [0.717, 1.165) is 37.1 Å². The van der Waals surface area contributed by atoms with E-state index in [1.807, 2.05) is 13.8 Å². The van der Waals surface area contributed by atoms with Crippen LogP contribution in [0.4, 0.5) is 5.82 Å². The number of nitrogens with zero attached hydrogens (tertiary/aromatic N) is 2. The molecule has 0 aliphatic heterocycles. The molecule has 0 atom stereocenters. The molecule has 1 aromatic heterocycles. The Morgan fingerprint density at radius 2 is 1.78 bits per heavy atom. The minimum atomic E-state index is -0.279. The Bertz CT molecular complexity index is 430. The molecule has 100 valence electrons. The summed E-state index contributed by atoms with van der Waals surface area (Å²) in [7, 11) is 0. The van der Waals surface area contributed by atoms with Crippen molar-refractivity contribution in [2.24, 2.45) is 0 Å². The summed E-state index contributed by atoms with van der Waals surface area (Å²) < 4.78 is 0. The fourth-order valence-corrected chi connectivity index (χ4v) is 2.67. The highest BCUT2D eigenvalue weighted by molar-refractivity contribution is 6.31. The van der Waals surface area contributed by atoms with E-state index in [0.29, 0.717) is 11.0 Å². The molecule has 0 radical (unpaired) electrons. The Labute approximate surface area is 113 Å². The van der Waals surface area contributed by atoms with Crippen molar-refractivity contribution in [1.29, 1.82) is 0 Å². The summed E-state index contributed by atoms with van der Waals surface area (Å²) in [5.74, 6) is 0.593. The van der Waals surface area contributed by atoms with Gasteiger partial charge in [-0.3, -0.25) is 0 Å². The number of hydrogen-bond donors (Lipinski definition) is 2. The maximum Gasteiger partial charge on any atom is 0.171 e. The Balaban J connectivity index is 2.24. The molecule has 1 heterocycles. The first-order valence-corrected chi connectivity index (χ1v) is 6.84. The van der Waals surface area contributed by atoms with Crippen LogP contribution in [-0.4, -0.2) is 27.2 Å². The molecule has 2 N–H and O–H groups in total. The largest absolute Gasteiger partial charge is 0.394 e. The number of aryl methyl sites for hydroxylation is 2. The van der Waals surface area contributed by atoms with E-state index in [2.05, 4.69) is 15.3 Å². The molecule has 0 aromatic carbocycles. The van der Waals surface area contributed by atoms with E-state index in [-0.39, 0.29) is 12.1 Å². The lowest BCUT2D eigenvalue weighted by Crippen LogP contribution is -2.44. The third kappa shape index (κ3) is 2.75. The van der Waals surface area contributed by atoms with E-state index >= 15 is 0 Å². The average Bonchev–Trinajstić information content (AvgIpc) is 2.37. The van der Waals surface area contributed by atoms with Crippen molar-refractivity contribution in [3.63, 3.8) is 0 Å². The first kappa shape index (κ1) is 13.6. The SMILES string of the molecule is Cc1nc(Cl)c(NC2(CO)CCCCC2)nc1C. The quantitative estimate of drug-likeness (QED) is 0.886. The molecular weight excluding hydrogens is 250 g/mol. The average molecular weight is 270 g/mol. The van der Waals surface area contributed by atoms with E-state index < -0.39 is 0 Å². The molecule has 4 nitrogen and oxygen atoms in total. The fraction of sp³-hybridized carbons (Fsp3) is 0.692. The second-order valence-corrected chi connectivity index (χ2v) is 5.52. The normalized spacial score (nSPS) is 18.7. The van der Waals surface area contributed by atoms with Crippen molar-refractivity contribution in [3.8, 4) is 0 Å². The van der Waals surface area contributed by atoms with Crippen molar-refractivity contribution < 1.29 is 5.11 Å². The van der Waals surface area contributed by atoms with Crippen molar-refractivity contribution >= 4 is 17.4 Å². The van der Waals surface area contributed by atoms with Crippen LogP contribution >= 0.6 is 11.6 Å². The standard InChI is InChI=1S/C13H20ClN3O/c1-9-10(2)16-12(11(14)15-9)17-13(8-18)6-4-3-5-7-13/h18H,3-8H2,1-2H3,(H,16,17). The minimum Gasteiger partial charge on any atom is -0.394 e. The molecule has 1 aromatic rings. The third-order valence-electron chi connectivity index (χ3n) is 3.76. The number of aliphatic hydroxyl groups excluding tert-OH is 1. The van der Waals surface area contributed by atoms with Gasteiger partial charge in [-0.25, -0.2) is 9.97 Å². The molecule has 0 amide bonds. The van der Waals surface area contributed by atoms with Crippen LogP contribution in [0.25, 0.3) is 0 Å². The van der Waals surface area contributed by atoms with Gasteiger partial charge in [-0.15, -0.1) is 0 Å². The summed E-state index contributed by atoms with van der Waals surface area (Å²) in [5.41, 5.74) is 1.43. The summed E-state index contributed by atoms with van der Waals surface area (Å²) >= 11 is 6.12. The molecule has 2 rings (SSSR count). The van der Waals surface area contributed by atoms with Crippen LogP contribution in [0.1, 0.15) is 43.5 Å². The molecule has 1 aliphatic rings. The van der Waals surface area contributed by atoms with E-state index in [9.17, 15) is 5.11 Å². The van der Waals surface area contributed by atoms with Crippen molar-refractivity contribution in [2.45, 2.75) is 51.5 Å². The van der Waals surface area contributed by atoms with Gasteiger partial charge >= 0.3 is 0 Å². The molecule has 1 saturated carbocycles.